The van der Waals surface area contributed by atoms with E-state index in [9.17, 15) is 9.18 Å². The molecule has 1 fully saturated rings. The molecule has 0 spiro atoms. The Hall–Kier alpha value is -2.11. The molecule has 2 aromatic carbocycles. The zero-order valence-electron chi connectivity index (χ0n) is 15.1. The maximum absolute atomic E-state index is 13.3. The van der Waals surface area contributed by atoms with E-state index >= 15 is 0 Å². The fraction of sp³-hybridized carbons (Fsp3) is 0.381. The van der Waals surface area contributed by atoms with Gasteiger partial charge in [0.2, 0.25) is 5.91 Å². The second kappa shape index (κ2) is 9.20. The topological polar surface area (TPSA) is 55.6 Å². The van der Waals surface area contributed by atoms with Gasteiger partial charge in [-0.1, -0.05) is 29.8 Å². The van der Waals surface area contributed by atoms with E-state index in [2.05, 4.69) is 0 Å². The van der Waals surface area contributed by atoms with Crippen LogP contribution in [0.5, 0.6) is 5.75 Å². The molecule has 2 atom stereocenters. The molecule has 1 unspecified atom stereocenters. The summed E-state index contributed by atoms with van der Waals surface area (Å²) in [5, 5.41) is 0.682. The summed E-state index contributed by atoms with van der Waals surface area (Å²) in [6.07, 6.45) is 3.05. The van der Waals surface area contributed by atoms with Crippen molar-refractivity contribution in [2.45, 2.75) is 37.8 Å². The van der Waals surface area contributed by atoms with Gasteiger partial charge < -0.3 is 15.4 Å². The summed E-state index contributed by atoms with van der Waals surface area (Å²) >= 11 is 6.00. The second-order valence-corrected chi connectivity index (χ2v) is 7.31. The fourth-order valence-corrected chi connectivity index (χ4v) is 3.61. The van der Waals surface area contributed by atoms with Crippen molar-refractivity contribution in [3.8, 4) is 5.75 Å². The Kier molecular flexibility index (Phi) is 6.69. The molecule has 144 valence electrons. The number of halogens is 2. The van der Waals surface area contributed by atoms with Crippen molar-refractivity contribution in [1.82, 2.24) is 4.90 Å². The van der Waals surface area contributed by atoms with Gasteiger partial charge in [0.25, 0.3) is 0 Å². The van der Waals surface area contributed by atoms with Gasteiger partial charge in [0.05, 0.1) is 12.1 Å². The third-order valence-electron chi connectivity index (χ3n) is 4.85. The third kappa shape index (κ3) is 5.44. The van der Waals surface area contributed by atoms with E-state index in [1.807, 2.05) is 29.2 Å². The number of nitrogens with two attached hydrogens (primary N) is 1. The van der Waals surface area contributed by atoms with Crippen LogP contribution in [0.2, 0.25) is 5.02 Å². The lowest BCUT2D eigenvalue weighted by atomic mass is 10.0. The third-order valence-corrected chi connectivity index (χ3v) is 5.08. The lowest BCUT2D eigenvalue weighted by molar-refractivity contribution is -0.134. The van der Waals surface area contributed by atoms with Crippen molar-refractivity contribution in [3.05, 3.63) is 64.9 Å². The van der Waals surface area contributed by atoms with Gasteiger partial charge in [-0.2, -0.15) is 0 Å². The Balaban J connectivity index is 1.52. The normalized spacial score (nSPS) is 17.7. The summed E-state index contributed by atoms with van der Waals surface area (Å²) in [4.78, 5) is 14.6. The lowest BCUT2D eigenvalue weighted by Gasteiger charge is -2.27. The van der Waals surface area contributed by atoms with E-state index in [4.69, 9.17) is 22.1 Å². The maximum Gasteiger partial charge on any atom is 0.239 e. The fourth-order valence-electron chi connectivity index (χ4n) is 3.40. The minimum atomic E-state index is -0.557. The van der Waals surface area contributed by atoms with Crippen LogP contribution in [0.3, 0.4) is 0 Å². The van der Waals surface area contributed by atoms with Gasteiger partial charge in [0.15, 0.2) is 0 Å². The van der Waals surface area contributed by atoms with Crippen LogP contribution in [-0.2, 0) is 11.2 Å². The number of nitrogens with zero attached hydrogens (tertiary/aromatic N) is 1. The Labute approximate surface area is 164 Å². The number of benzene rings is 2. The highest BCUT2D eigenvalue weighted by molar-refractivity contribution is 6.30. The van der Waals surface area contributed by atoms with Crippen LogP contribution in [0, 0.1) is 5.82 Å². The van der Waals surface area contributed by atoms with E-state index in [1.165, 1.54) is 12.1 Å². The second-order valence-electron chi connectivity index (χ2n) is 6.87. The molecule has 0 saturated carbocycles. The van der Waals surface area contributed by atoms with E-state index < -0.39 is 6.04 Å². The number of carbonyl (C=O) groups is 1. The quantitative estimate of drug-likeness (QED) is 0.782. The number of ether oxygens (including phenoxy) is 1. The van der Waals surface area contributed by atoms with Gasteiger partial charge in [0, 0.05) is 17.6 Å². The molecule has 1 heterocycles. The molecule has 4 nitrogen and oxygen atoms in total. The van der Waals surface area contributed by atoms with E-state index in [-0.39, 0.29) is 17.8 Å². The largest absolute Gasteiger partial charge is 0.491 e. The van der Waals surface area contributed by atoms with Gasteiger partial charge in [-0.05, 0) is 55.5 Å². The van der Waals surface area contributed by atoms with Gasteiger partial charge in [0.1, 0.15) is 18.2 Å². The number of hydrogen-bond acceptors (Lipinski definition) is 3. The first-order valence-corrected chi connectivity index (χ1v) is 9.59. The highest BCUT2D eigenvalue weighted by Crippen LogP contribution is 2.21. The van der Waals surface area contributed by atoms with Crippen molar-refractivity contribution >= 4 is 17.5 Å². The first-order chi connectivity index (χ1) is 13.0. The van der Waals surface area contributed by atoms with Crippen molar-refractivity contribution in [1.29, 1.82) is 0 Å². The van der Waals surface area contributed by atoms with Crippen LogP contribution in [0.1, 0.15) is 24.8 Å². The average Bonchev–Trinajstić information content (AvgIpc) is 3.12. The molecule has 0 bridgehead atoms. The van der Waals surface area contributed by atoms with Crippen LogP contribution < -0.4 is 10.5 Å². The standard InChI is InChI=1S/C21H24ClFN2O2/c22-16-5-1-4-15(12-16)9-10-20(24)21(26)25-11-3-7-18(25)14-27-19-8-2-6-17(23)13-19/h1-2,4-6,8,12-13,18,20H,3,7,9-11,14,24H2/t18-,20?/m0/s1. The van der Waals surface area contributed by atoms with Gasteiger partial charge in [-0.3, -0.25) is 4.79 Å². The Morgan fingerprint density at radius 3 is 2.89 bits per heavy atom. The summed E-state index contributed by atoms with van der Waals surface area (Å²) < 4.78 is 18.9. The molecule has 27 heavy (non-hydrogen) atoms. The number of carbonyl (C=O) groups excluding carboxylic acids is 1. The predicted molar refractivity (Wildman–Crippen MR) is 104 cm³/mol. The first kappa shape index (κ1) is 19.6. The van der Waals surface area contributed by atoms with Crippen molar-refractivity contribution < 1.29 is 13.9 Å². The highest BCUT2D eigenvalue weighted by Gasteiger charge is 2.32. The molecule has 6 heteroatoms. The summed E-state index contributed by atoms with van der Waals surface area (Å²) in [6, 6.07) is 13.0. The number of likely N-dealkylation sites (tertiary alicyclic amines) is 1. The van der Waals surface area contributed by atoms with E-state index in [1.54, 1.807) is 12.1 Å². The first-order valence-electron chi connectivity index (χ1n) is 9.22. The van der Waals surface area contributed by atoms with Crippen molar-refractivity contribution in [2.75, 3.05) is 13.2 Å². The molecule has 2 N–H and O–H groups in total. The molecule has 1 aliphatic heterocycles. The smallest absolute Gasteiger partial charge is 0.239 e. The van der Waals surface area contributed by atoms with Gasteiger partial charge >= 0.3 is 0 Å². The number of amides is 1. The van der Waals surface area contributed by atoms with Crippen LogP contribution in [0.25, 0.3) is 0 Å². The maximum atomic E-state index is 13.3. The highest BCUT2D eigenvalue weighted by atomic mass is 35.5. The van der Waals surface area contributed by atoms with Crippen molar-refractivity contribution in [2.24, 2.45) is 5.73 Å². The van der Waals surface area contributed by atoms with Gasteiger partial charge in [-0.15, -0.1) is 0 Å². The molecule has 1 amide bonds. The number of hydrogen-bond donors (Lipinski definition) is 1. The van der Waals surface area contributed by atoms with E-state index in [0.29, 0.717) is 36.8 Å². The molecule has 0 aliphatic carbocycles. The number of rotatable bonds is 7. The zero-order chi connectivity index (χ0) is 19.2. The summed E-state index contributed by atoms with van der Waals surface area (Å²) in [7, 11) is 0. The monoisotopic (exact) mass is 390 g/mol. The van der Waals surface area contributed by atoms with Crippen LogP contribution in [-0.4, -0.2) is 36.0 Å². The van der Waals surface area contributed by atoms with E-state index in [0.717, 1.165) is 18.4 Å². The lowest BCUT2D eigenvalue weighted by Crippen LogP contribution is -2.47. The Bertz CT molecular complexity index is 786. The summed E-state index contributed by atoms with van der Waals surface area (Å²) in [5.41, 5.74) is 7.23. The molecule has 0 aromatic heterocycles. The van der Waals surface area contributed by atoms with Crippen LogP contribution in [0.15, 0.2) is 48.5 Å². The SMILES string of the molecule is NC(CCc1cccc(Cl)c1)C(=O)N1CCC[C@H]1COc1cccc(F)c1. The average molecular weight is 391 g/mol. The van der Waals surface area contributed by atoms with Crippen molar-refractivity contribution in [3.63, 3.8) is 0 Å². The number of aryl methyl sites for hydroxylation is 1. The minimum Gasteiger partial charge on any atom is -0.491 e. The minimum absolute atomic E-state index is 0.0296. The molecule has 1 aliphatic rings. The molecular weight excluding hydrogens is 367 g/mol. The summed E-state index contributed by atoms with van der Waals surface area (Å²) in [5.74, 6) is 0.0804. The predicted octanol–water partition coefficient (Wildman–Crippen LogP) is 3.81. The zero-order valence-corrected chi connectivity index (χ0v) is 15.9. The molecule has 0 radical (unpaired) electrons. The molecule has 3 rings (SSSR count). The Morgan fingerprint density at radius 1 is 1.30 bits per heavy atom. The van der Waals surface area contributed by atoms with Crippen LogP contribution in [0.4, 0.5) is 4.39 Å². The summed E-state index contributed by atoms with van der Waals surface area (Å²) in [6.45, 7) is 1.02. The molecular formula is C21H24ClFN2O2. The molecule has 2 aromatic rings. The van der Waals surface area contributed by atoms with Crippen LogP contribution >= 0.6 is 11.6 Å². The Morgan fingerprint density at radius 2 is 2.11 bits per heavy atom. The van der Waals surface area contributed by atoms with Gasteiger partial charge in [-0.25, -0.2) is 4.39 Å². The molecule has 1 saturated heterocycles.